The number of methoxy groups -OCH3 is 3. The minimum absolute atomic E-state index is 0.436. The van der Waals surface area contributed by atoms with Crippen LogP contribution in [0.15, 0.2) is 40.9 Å². The number of ether oxygens (including phenoxy) is 4. The van der Waals surface area contributed by atoms with Crippen molar-refractivity contribution in [2.75, 3.05) is 21.3 Å². The van der Waals surface area contributed by atoms with Crippen molar-refractivity contribution >= 4 is 15.9 Å². The van der Waals surface area contributed by atoms with Crippen molar-refractivity contribution in [3.63, 3.8) is 0 Å². The first-order valence-corrected chi connectivity index (χ1v) is 7.14. The SMILES string of the molecule is COc1ccc(OCc2ccc(OC)c(OC)c2)c(Br)c1. The first-order chi connectivity index (χ1) is 10.2. The van der Waals surface area contributed by atoms with E-state index >= 15 is 0 Å². The number of benzene rings is 2. The molecule has 112 valence electrons. The Morgan fingerprint density at radius 3 is 2.14 bits per heavy atom. The molecule has 0 amide bonds. The van der Waals surface area contributed by atoms with Gasteiger partial charge in [-0.3, -0.25) is 0 Å². The second kappa shape index (κ2) is 7.22. The highest BCUT2D eigenvalue weighted by Crippen LogP contribution is 2.31. The Kier molecular flexibility index (Phi) is 5.33. The Hall–Kier alpha value is -1.88. The van der Waals surface area contributed by atoms with Crippen LogP contribution in [0.2, 0.25) is 0 Å². The molecule has 2 aromatic carbocycles. The molecule has 0 aromatic heterocycles. The third-order valence-electron chi connectivity index (χ3n) is 2.98. The summed E-state index contributed by atoms with van der Waals surface area (Å²) in [6, 6.07) is 11.3. The fourth-order valence-electron chi connectivity index (χ4n) is 1.86. The van der Waals surface area contributed by atoms with Gasteiger partial charge in [0.2, 0.25) is 0 Å². The van der Waals surface area contributed by atoms with Crippen LogP contribution in [0, 0.1) is 0 Å². The summed E-state index contributed by atoms with van der Waals surface area (Å²) in [5.41, 5.74) is 0.996. The molecule has 0 unspecified atom stereocenters. The summed E-state index contributed by atoms with van der Waals surface area (Å²) in [6.45, 7) is 0.436. The van der Waals surface area contributed by atoms with Crippen molar-refractivity contribution in [2.45, 2.75) is 6.61 Å². The monoisotopic (exact) mass is 352 g/mol. The van der Waals surface area contributed by atoms with E-state index in [0.717, 1.165) is 21.5 Å². The quantitative estimate of drug-likeness (QED) is 0.785. The van der Waals surface area contributed by atoms with E-state index in [0.29, 0.717) is 18.1 Å². The molecule has 0 saturated heterocycles. The predicted octanol–water partition coefficient (Wildman–Crippen LogP) is 4.05. The lowest BCUT2D eigenvalue weighted by Crippen LogP contribution is -1.98. The lowest BCUT2D eigenvalue weighted by atomic mass is 10.2. The van der Waals surface area contributed by atoms with Gasteiger partial charge in [0.15, 0.2) is 11.5 Å². The average molecular weight is 353 g/mol. The molecule has 0 aliphatic heterocycles. The van der Waals surface area contributed by atoms with Crippen LogP contribution in [-0.2, 0) is 6.61 Å². The van der Waals surface area contributed by atoms with Gasteiger partial charge in [0.05, 0.1) is 25.8 Å². The van der Waals surface area contributed by atoms with Crippen LogP contribution in [0.5, 0.6) is 23.0 Å². The zero-order valence-electron chi connectivity index (χ0n) is 12.2. The van der Waals surface area contributed by atoms with Gasteiger partial charge in [0.25, 0.3) is 0 Å². The Balaban J connectivity index is 2.09. The summed E-state index contributed by atoms with van der Waals surface area (Å²) in [5.74, 6) is 2.92. The van der Waals surface area contributed by atoms with Gasteiger partial charge < -0.3 is 18.9 Å². The van der Waals surface area contributed by atoms with Gasteiger partial charge in [-0.1, -0.05) is 6.07 Å². The van der Waals surface area contributed by atoms with Crippen molar-refractivity contribution in [3.05, 3.63) is 46.4 Å². The number of rotatable bonds is 6. The maximum Gasteiger partial charge on any atom is 0.161 e. The second-order valence-electron chi connectivity index (χ2n) is 4.27. The van der Waals surface area contributed by atoms with Crippen LogP contribution in [0.25, 0.3) is 0 Å². The average Bonchev–Trinajstić information content (AvgIpc) is 2.53. The maximum atomic E-state index is 5.80. The molecule has 0 N–H and O–H groups in total. The zero-order valence-corrected chi connectivity index (χ0v) is 13.8. The predicted molar refractivity (Wildman–Crippen MR) is 84.6 cm³/mol. The third-order valence-corrected chi connectivity index (χ3v) is 3.60. The van der Waals surface area contributed by atoms with Gasteiger partial charge in [0.1, 0.15) is 18.1 Å². The lowest BCUT2D eigenvalue weighted by Gasteiger charge is -2.12. The fourth-order valence-corrected chi connectivity index (χ4v) is 2.33. The lowest BCUT2D eigenvalue weighted by molar-refractivity contribution is 0.301. The van der Waals surface area contributed by atoms with Gasteiger partial charge in [-0.25, -0.2) is 0 Å². The zero-order chi connectivity index (χ0) is 15.2. The summed E-state index contributed by atoms with van der Waals surface area (Å²) in [4.78, 5) is 0. The molecule has 21 heavy (non-hydrogen) atoms. The van der Waals surface area contributed by atoms with Crippen LogP contribution in [0.4, 0.5) is 0 Å². The third kappa shape index (κ3) is 3.82. The molecular weight excluding hydrogens is 336 g/mol. The van der Waals surface area contributed by atoms with Gasteiger partial charge in [-0.15, -0.1) is 0 Å². The number of halogens is 1. The standard InChI is InChI=1S/C16H17BrO4/c1-18-12-5-7-14(13(17)9-12)21-10-11-4-6-15(19-2)16(8-11)20-3/h4-9H,10H2,1-3H3. The maximum absolute atomic E-state index is 5.80. The molecule has 0 saturated carbocycles. The van der Waals surface area contributed by atoms with E-state index in [4.69, 9.17) is 18.9 Å². The van der Waals surface area contributed by atoms with Gasteiger partial charge in [0, 0.05) is 0 Å². The van der Waals surface area contributed by atoms with E-state index in [1.54, 1.807) is 21.3 Å². The van der Waals surface area contributed by atoms with Gasteiger partial charge in [-0.05, 0) is 51.8 Å². The minimum atomic E-state index is 0.436. The van der Waals surface area contributed by atoms with E-state index in [1.165, 1.54) is 0 Å². The molecule has 0 radical (unpaired) electrons. The largest absolute Gasteiger partial charge is 0.497 e. The van der Waals surface area contributed by atoms with Crippen LogP contribution in [0.1, 0.15) is 5.56 Å². The van der Waals surface area contributed by atoms with Crippen molar-refractivity contribution in [2.24, 2.45) is 0 Å². The highest BCUT2D eigenvalue weighted by atomic mass is 79.9. The van der Waals surface area contributed by atoms with E-state index in [-0.39, 0.29) is 0 Å². The molecule has 0 aliphatic carbocycles. The first-order valence-electron chi connectivity index (χ1n) is 6.35. The van der Waals surface area contributed by atoms with Crippen LogP contribution < -0.4 is 18.9 Å². The van der Waals surface area contributed by atoms with E-state index in [1.807, 2.05) is 36.4 Å². The summed E-state index contributed by atoms with van der Waals surface area (Å²) < 4.78 is 22.3. The van der Waals surface area contributed by atoms with Gasteiger partial charge in [-0.2, -0.15) is 0 Å². The van der Waals surface area contributed by atoms with Gasteiger partial charge >= 0.3 is 0 Å². The molecule has 2 aromatic rings. The molecule has 2 rings (SSSR count). The highest BCUT2D eigenvalue weighted by Gasteiger charge is 2.07. The number of hydrogen-bond acceptors (Lipinski definition) is 4. The van der Waals surface area contributed by atoms with Crippen LogP contribution >= 0.6 is 15.9 Å². The fraction of sp³-hybridized carbons (Fsp3) is 0.250. The molecule has 0 aliphatic rings. The molecule has 0 atom stereocenters. The molecule has 0 heterocycles. The smallest absolute Gasteiger partial charge is 0.161 e. The molecule has 4 nitrogen and oxygen atoms in total. The minimum Gasteiger partial charge on any atom is -0.497 e. The molecular formula is C16H17BrO4. The summed E-state index contributed by atoms with van der Waals surface area (Å²) in [7, 11) is 4.86. The Morgan fingerprint density at radius 1 is 0.810 bits per heavy atom. The normalized spacial score (nSPS) is 10.1. The van der Waals surface area contributed by atoms with Crippen molar-refractivity contribution in [3.8, 4) is 23.0 Å². The first kappa shape index (κ1) is 15.5. The molecule has 0 bridgehead atoms. The second-order valence-corrected chi connectivity index (χ2v) is 5.13. The Bertz CT molecular complexity index is 613. The van der Waals surface area contributed by atoms with E-state index in [2.05, 4.69) is 15.9 Å². The van der Waals surface area contributed by atoms with Crippen LogP contribution in [-0.4, -0.2) is 21.3 Å². The van der Waals surface area contributed by atoms with Crippen LogP contribution in [0.3, 0.4) is 0 Å². The Labute approximate surface area is 132 Å². The van der Waals surface area contributed by atoms with E-state index in [9.17, 15) is 0 Å². The summed E-state index contributed by atoms with van der Waals surface area (Å²) >= 11 is 3.46. The summed E-state index contributed by atoms with van der Waals surface area (Å²) in [6.07, 6.45) is 0. The molecule has 5 heteroatoms. The molecule has 0 fully saturated rings. The van der Waals surface area contributed by atoms with Crippen molar-refractivity contribution in [1.82, 2.24) is 0 Å². The topological polar surface area (TPSA) is 36.9 Å². The van der Waals surface area contributed by atoms with Crippen molar-refractivity contribution in [1.29, 1.82) is 0 Å². The summed E-state index contributed by atoms with van der Waals surface area (Å²) in [5, 5.41) is 0. The van der Waals surface area contributed by atoms with Crippen molar-refractivity contribution < 1.29 is 18.9 Å². The Morgan fingerprint density at radius 2 is 1.52 bits per heavy atom. The van der Waals surface area contributed by atoms with E-state index < -0.39 is 0 Å². The molecule has 0 spiro atoms. The highest BCUT2D eigenvalue weighted by molar-refractivity contribution is 9.10. The number of hydrogen-bond donors (Lipinski definition) is 0.